The molecule has 0 saturated heterocycles. The van der Waals surface area contributed by atoms with Crippen molar-refractivity contribution in [2.24, 2.45) is 11.7 Å². The summed E-state index contributed by atoms with van der Waals surface area (Å²) in [6.45, 7) is 8.81. The standard InChI is InChI=1S/C17H28N2/c1-4-19(12-15-6-5-7-15)17(14(3)18)16-10-8-13(2)9-11-16/h8-11,14-15,17H,4-7,12,18H2,1-3H3. The maximum absolute atomic E-state index is 6.28. The molecule has 0 aromatic heterocycles. The second-order valence-electron chi connectivity index (χ2n) is 6.10. The van der Waals surface area contributed by atoms with E-state index in [-0.39, 0.29) is 6.04 Å². The third-order valence-electron chi connectivity index (χ3n) is 4.43. The van der Waals surface area contributed by atoms with E-state index in [2.05, 4.69) is 49.9 Å². The number of rotatable bonds is 6. The maximum Gasteiger partial charge on any atom is 0.0496 e. The summed E-state index contributed by atoms with van der Waals surface area (Å²) in [4.78, 5) is 2.57. The highest BCUT2D eigenvalue weighted by atomic mass is 15.2. The monoisotopic (exact) mass is 260 g/mol. The van der Waals surface area contributed by atoms with Crippen LogP contribution in [0.2, 0.25) is 0 Å². The molecule has 1 aliphatic rings. The average molecular weight is 260 g/mol. The van der Waals surface area contributed by atoms with Crippen LogP contribution in [0.3, 0.4) is 0 Å². The zero-order valence-electron chi connectivity index (χ0n) is 12.6. The van der Waals surface area contributed by atoms with Gasteiger partial charge in [0.25, 0.3) is 0 Å². The van der Waals surface area contributed by atoms with Gasteiger partial charge in [-0.25, -0.2) is 0 Å². The lowest BCUT2D eigenvalue weighted by molar-refractivity contribution is 0.125. The van der Waals surface area contributed by atoms with Crippen molar-refractivity contribution in [3.8, 4) is 0 Å². The minimum absolute atomic E-state index is 0.169. The van der Waals surface area contributed by atoms with Crippen molar-refractivity contribution in [3.63, 3.8) is 0 Å². The normalized spacial score (nSPS) is 19.2. The molecule has 1 aliphatic carbocycles. The molecule has 19 heavy (non-hydrogen) atoms. The molecule has 0 radical (unpaired) electrons. The topological polar surface area (TPSA) is 29.3 Å². The Morgan fingerprint density at radius 2 is 1.89 bits per heavy atom. The lowest BCUT2D eigenvalue weighted by atomic mass is 9.84. The molecule has 1 aromatic rings. The highest BCUT2D eigenvalue weighted by Gasteiger charge is 2.27. The molecule has 1 aromatic carbocycles. The Labute approximate surface area is 118 Å². The molecule has 1 saturated carbocycles. The quantitative estimate of drug-likeness (QED) is 0.848. The van der Waals surface area contributed by atoms with Crippen LogP contribution >= 0.6 is 0 Å². The first kappa shape index (κ1) is 14.5. The van der Waals surface area contributed by atoms with E-state index in [0.717, 1.165) is 12.5 Å². The van der Waals surface area contributed by atoms with Crippen molar-refractivity contribution >= 4 is 0 Å². The van der Waals surface area contributed by atoms with Crippen molar-refractivity contribution in [2.75, 3.05) is 13.1 Å². The Kier molecular flexibility index (Phi) is 5.00. The van der Waals surface area contributed by atoms with E-state index in [1.54, 1.807) is 0 Å². The predicted octanol–water partition coefficient (Wildman–Crippen LogP) is 3.51. The van der Waals surface area contributed by atoms with Crippen LogP contribution in [-0.2, 0) is 0 Å². The summed E-state index contributed by atoms with van der Waals surface area (Å²) >= 11 is 0. The second kappa shape index (κ2) is 6.53. The first-order chi connectivity index (χ1) is 9.11. The van der Waals surface area contributed by atoms with Crippen LogP contribution in [0.15, 0.2) is 24.3 Å². The van der Waals surface area contributed by atoms with Gasteiger partial charge in [-0.2, -0.15) is 0 Å². The summed E-state index contributed by atoms with van der Waals surface area (Å²) in [6, 6.07) is 9.40. The van der Waals surface area contributed by atoms with Gasteiger partial charge in [-0.1, -0.05) is 43.2 Å². The average Bonchev–Trinajstić information content (AvgIpc) is 2.33. The van der Waals surface area contributed by atoms with Gasteiger partial charge >= 0.3 is 0 Å². The molecule has 2 rings (SSSR count). The Morgan fingerprint density at radius 3 is 2.32 bits per heavy atom. The Morgan fingerprint density at radius 1 is 1.26 bits per heavy atom. The van der Waals surface area contributed by atoms with E-state index in [1.807, 2.05) is 0 Å². The molecule has 2 atom stereocenters. The molecule has 0 amide bonds. The van der Waals surface area contributed by atoms with Gasteiger partial charge in [-0.15, -0.1) is 0 Å². The third-order valence-corrected chi connectivity index (χ3v) is 4.43. The summed E-state index contributed by atoms with van der Waals surface area (Å²) in [5.74, 6) is 0.895. The van der Waals surface area contributed by atoms with Gasteiger partial charge in [-0.05, 0) is 44.7 Å². The second-order valence-corrected chi connectivity index (χ2v) is 6.10. The molecule has 2 N–H and O–H groups in total. The molecule has 106 valence electrons. The van der Waals surface area contributed by atoms with Crippen LogP contribution in [0.4, 0.5) is 0 Å². The number of nitrogens with two attached hydrogens (primary N) is 1. The van der Waals surface area contributed by atoms with E-state index >= 15 is 0 Å². The predicted molar refractivity (Wildman–Crippen MR) is 82.2 cm³/mol. The summed E-state index contributed by atoms with van der Waals surface area (Å²) in [7, 11) is 0. The van der Waals surface area contributed by atoms with Gasteiger partial charge < -0.3 is 5.73 Å². The smallest absolute Gasteiger partial charge is 0.0496 e. The fourth-order valence-electron chi connectivity index (χ4n) is 3.06. The van der Waals surface area contributed by atoms with E-state index in [0.29, 0.717) is 6.04 Å². The minimum atomic E-state index is 0.169. The zero-order chi connectivity index (χ0) is 13.8. The first-order valence-corrected chi connectivity index (χ1v) is 7.68. The Balaban J connectivity index is 2.14. The molecule has 2 heteroatoms. The molecular weight excluding hydrogens is 232 g/mol. The van der Waals surface area contributed by atoms with Gasteiger partial charge in [0.1, 0.15) is 0 Å². The van der Waals surface area contributed by atoms with Gasteiger partial charge in [0, 0.05) is 18.6 Å². The molecule has 2 unspecified atom stereocenters. The van der Waals surface area contributed by atoms with Crippen LogP contribution in [0.1, 0.15) is 50.3 Å². The molecule has 0 bridgehead atoms. The number of likely N-dealkylation sites (N-methyl/N-ethyl adjacent to an activating group) is 1. The lowest BCUT2D eigenvalue weighted by Crippen LogP contribution is -2.42. The Hall–Kier alpha value is -0.860. The number of hydrogen-bond donors (Lipinski definition) is 1. The summed E-state index contributed by atoms with van der Waals surface area (Å²) < 4.78 is 0. The van der Waals surface area contributed by atoms with Gasteiger partial charge in [0.05, 0.1) is 0 Å². The van der Waals surface area contributed by atoms with Crippen LogP contribution in [-0.4, -0.2) is 24.0 Å². The van der Waals surface area contributed by atoms with Crippen LogP contribution in [0.25, 0.3) is 0 Å². The molecule has 0 aliphatic heterocycles. The highest BCUT2D eigenvalue weighted by Crippen LogP contribution is 2.31. The SMILES string of the molecule is CCN(CC1CCC1)C(c1ccc(C)cc1)C(C)N. The zero-order valence-corrected chi connectivity index (χ0v) is 12.6. The fourth-order valence-corrected chi connectivity index (χ4v) is 3.06. The molecule has 2 nitrogen and oxygen atoms in total. The van der Waals surface area contributed by atoms with Crippen molar-refractivity contribution < 1.29 is 0 Å². The van der Waals surface area contributed by atoms with E-state index in [4.69, 9.17) is 5.73 Å². The van der Waals surface area contributed by atoms with E-state index < -0.39 is 0 Å². The maximum atomic E-state index is 6.28. The third kappa shape index (κ3) is 3.58. The van der Waals surface area contributed by atoms with E-state index in [9.17, 15) is 0 Å². The van der Waals surface area contributed by atoms with Gasteiger partial charge in [-0.3, -0.25) is 4.90 Å². The van der Waals surface area contributed by atoms with Crippen molar-refractivity contribution in [1.82, 2.24) is 4.90 Å². The first-order valence-electron chi connectivity index (χ1n) is 7.68. The number of benzene rings is 1. The lowest BCUT2D eigenvalue weighted by Gasteiger charge is -2.38. The van der Waals surface area contributed by atoms with Crippen LogP contribution < -0.4 is 5.73 Å². The minimum Gasteiger partial charge on any atom is -0.326 e. The molecular formula is C17H28N2. The molecule has 0 heterocycles. The number of aryl methyl sites for hydroxylation is 1. The van der Waals surface area contributed by atoms with Crippen molar-refractivity contribution in [3.05, 3.63) is 35.4 Å². The van der Waals surface area contributed by atoms with Gasteiger partial charge in [0.15, 0.2) is 0 Å². The van der Waals surface area contributed by atoms with Crippen molar-refractivity contribution in [1.29, 1.82) is 0 Å². The molecule has 0 spiro atoms. The highest BCUT2D eigenvalue weighted by molar-refractivity contribution is 5.25. The van der Waals surface area contributed by atoms with Crippen LogP contribution in [0, 0.1) is 12.8 Å². The summed E-state index contributed by atoms with van der Waals surface area (Å²) in [6.07, 6.45) is 4.21. The van der Waals surface area contributed by atoms with E-state index in [1.165, 1.54) is 36.9 Å². The fraction of sp³-hybridized carbons (Fsp3) is 0.647. The number of nitrogens with zero attached hydrogens (tertiary/aromatic N) is 1. The van der Waals surface area contributed by atoms with Crippen LogP contribution in [0.5, 0.6) is 0 Å². The molecule has 1 fully saturated rings. The Bertz CT molecular complexity index is 379. The largest absolute Gasteiger partial charge is 0.326 e. The van der Waals surface area contributed by atoms with Gasteiger partial charge in [0.2, 0.25) is 0 Å². The number of hydrogen-bond acceptors (Lipinski definition) is 2. The van der Waals surface area contributed by atoms with Crippen molar-refractivity contribution in [2.45, 2.75) is 52.1 Å². The summed E-state index contributed by atoms with van der Waals surface area (Å²) in [5, 5.41) is 0. The summed E-state index contributed by atoms with van der Waals surface area (Å²) in [5.41, 5.74) is 8.95.